The molecule has 104 valence electrons. The Morgan fingerprint density at radius 3 is 2.80 bits per heavy atom. The lowest BCUT2D eigenvalue weighted by atomic mass is 10.1. The molecule has 0 unspecified atom stereocenters. The lowest BCUT2D eigenvalue weighted by Gasteiger charge is -2.25. The average Bonchev–Trinajstić information content (AvgIpc) is 2.98. The van der Waals surface area contributed by atoms with E-state index in [2.05, 4.69) is 10.2 Å². The smallest absolute Gasteiger partial charge is 0.272 e. The summed E-state index contributed by atoms with van der Waals surface area (Å²) in [6, 6.07) is 9.04. The molecule has 1 N–H and O–H groups in total. The van der Waals surface area contributed by atoms with Gasteiger partial charge in [-0.1, -0.05) is 23.7 Å². The molecule has 5 nitrogen and oxygen atoms in total. The third-order valence-corrected chi connectivity index (χ3v) is 3.43. The van der Waals surface area contributed by atoms with Gasteiger partial charge in [-0.25, -0.2) is 5.06 Å². The summed E-state index contributed by atoms with van der Waals surface area (Å²) in [5.74, 6) is -0.183. The number of hydroxylamine groups is 2. The number of nitrogens with one attached hydrogen (secondary N) is 1. The lowest BCUT2D eigenvalue weighted by molar-refractivity contribution is -0.144. The zero-order valence-corrected chi connectivity index (χ0v) is 11.6. The standard InChI is InChI=1S/C14H14ClN3O2/c15-11-5-3-10(4-6-11)12-9-13(17-16-12)14(19)18-7-1-2-8-20-18/h3-6,9H,1-2,7-8H2,(H,16,17). The first-order chi connectivity index (χ1) is 9.74. The summed E-state index contributed by atoms with van der Waals surface area (Å²) in [6.07, 6.45) is 1.95. The molecule has 20 heavy (non-hydrogen) atoms. The number of benzene rings is 1. The number of aromatic amines is 1. The van der Waals surface area contributed by atoms with Gasteiger partial charge in [0.15, 0.2) is 0 Å². The van der Waals surface area contributed by atoms with E-state index in [1.807, 2.05) is 12.1 Å². The van der Waals surface area contributed by atoms with E-state index < -0.39 is 0 Å². The maximum absolute atomic E-state index is 12.2. The Hall–Kier alpha value is -1.85. The summed E-state index contributed by atoms with van der Waals surface area (Å²) in [6.45, 7) is 1.21. The van der Waals surface area contributed by atoms with E-state index in [1.54, 1.807) is 18.2 Å². The second kappa shape index (κ2) is 5.64. The van der Waals surface area contributed by atoms with Gasteiger partial charge in [0.05, 0.1) is 12.3 Å². The van der Waals surface area contributed by atoms with E-state index in [-0.39, 0.29) is 5.91 Å². The van der Waals surface area contributed by atoms with Crippen molar-refractivity contribution in [3.8, 4) is 11.3 Å². The summed E-state index contributed by atoms with van der Waals surface area (Å²) in [7, 11) is 0. The normalized spacial score (nSPS) is 15.3. The van der Waals surface area contributed by atoms with Gasteiger partial charge in [-0.2, -0.15) is 5.10 Å². The molecule has 6 heteroatoms. The Labute approximate surface area is 121 Å². The van der Waals surface area contributed by atoms with E-state index in [4.69, 9.17) is 16.4 Å². The first-order valence-electron chi connectivity index (χ1n) is 6.50. The molecule has 0 spiro atoms. The summed E-state index contributed by atoms with van der Waals surface area (Å²) in [4.78, 5) is 17.6. The van der Waals surface area contributed by atoms with E-state index in [9.17, 15) is 4.79 Å². The average molecular weight is 292 g/mol. The van der Waals surface area contributed by atoms with Crippen molar-refractivity contribution in [1.29, 1.82) is 0 Å². The summed E-state index contributed by atoms with van der Waals surface area (Å²) in [5.41, 5.74) is 2.04. The van der Waals surface area contributed by atoms with Crippen LogP contribution in [0.25, 0.3) is 11.3 Å². The highest BCUT2D eigenvalue weighted by atomic mass is 35.5. The SMILES string of the molecule is O=C(c1cc(-c2ccc(Cl)cc2)n[nH]1)N1CCCCO1. The third-order valence-electron chi connectivity index (χ3n) is 3.18. The second-order valence-electron chi connectivity index (χ2n) is 4.62. The molecule has 1 aromatic heterocycles. The number of hydrogen-bond donors (Lipinski definition) is 1. The number of rotatable bonds is 2. The van der Waals surface area contributed by atoms with Crippen molar-refractivity contribution in [2.24, 2.45) is 0 Å². The van der Waals surface area contributed by atoms with Gasteiger partial charge in [0.1, 0.15) is 5.69 Å². The monoisotopic (exact) mass is 291 g/mol. The molecule has 1 saturated heterocycles. The molecule has 1 amide bonds. The van der Waals surface area contributed by atoms with Crippen LogP contribution in [0.4, 0.5) is 0 Å². The van der Waals surface area contributed by atoms with Gasteiger partial charge in [0.2, 0.25) is 0 Å². The Morgan fingerprint density at radius 1 is 1.30 bits per heavy atom. The number of amides is 1. The van der Waals surface area contributed by atoms with Crippen molar-refractivity contribution >= 4 is 17.5 Å². The minimum Gasteiger partial charge on any atom is -0.272 e. The Morgan fingerprint density at radius 2 is 2.10 bits per heavy atom. The fourth-order valence-corrected chi connectivity index (χ4v) is 2.22. The Balaban J connectivity index is 1.79. The topological polar surface area (TPSA) is 58.2 Å². The van der Waals surface area contributed by atoms with Crippen LogP contribution in [0.15, 0.2) is 30.3 Å². The van der Waals surface area contributed by atoms with Gasteiger partial charge in [-0.15, -0.1) is 0 Å². The van der Waals surface area contributed by atoms with Crippen molar-refractivity contribution in [1.82, 2.24) is 15.3 Å². The predicted octanol–water partition coefficient (Wildman–Crippen LogP) is 2.90. The van der Waals surface area contributed by atoms with Gasteiger partial charge in [0.25, 0.3) is 5.91 Å². The molecule has 0 atom stereocenters. The number of nitrogens with zero attached hydrogens (tertiary/aromatic N) is 2. The van der Waals surface area contributed by atoms with Crippen molar-refractivity contribution in [3.63, 3.8) is 0 Å². The molecular weight excluding hydrogens is 278 g/mol. The van der Waals surface area contributed by atoms with Crippen molar-refractivity contribution < 1.29 is 9.63 Å². The van der Waals surface area contributed by atoms with E-state index in [0.717, 1.165) is 18.4 Å². The highest BCUT2D eigenvalue weighted by Crippen LogP contribution is 2.21. The Kier molecular flexibility index (Phi) is 3.71. The highest BCUT2D eigenvalue weighted by Gasteiger charge is 2.21. The van der Waals surface area contributed by atoms with E-state index in [1.165, 1.54) is 5.06 Å². The minimum absolute atomic E-state index is 0.183. The zero-order valence-electron chi connectivity index (χ0n) is 10.8. The van der Waals surface area contributed by atoms with E-state index in [0.29, 0.717) is 29.6 Å². The summed E-state index contributed by atoms with van der Waals surface area (Å²) in [5, 5.41) is 8.98. The van der Waals surface area contributed by atoms with Crippen molar-refractivity contribution in [2.75, 3.05) is 13.2 Å². The molecule has 0 aliphatic carbocycles. The number of aromatic nitrogens is 2. The molecule has 0 bridgehead atoms. The molecule has 0 radical (unpaired) electrons. The van der Waals surface area contributed by atoms with Crippen molar-refractivity contribution in [2.45, 2.75) is 12.8 Å². The molecule has 1 aromatic carbocycles. The molecular formula is C14H14ClN3O2. The van der Waals surface area contributed by atoms with Crippen LogP contribution in [-0.2, 0) is 4.84 Å². The number of carbonyl (C=O) groups is 1. The molecule has 3 rings (SSSR count). The van der Waals surface area contributed by atoms with Crippen LogP contribution in [-0.4, -0.2) is 34.3 Å². The summed E-state index contributed by atoms with van der Waals surface area (Å²) >= 11 is 5.85. The van der Waals surface area contributed by atoms with Gasteiger partial charge < -0.3 is 0 Å². The van der Waals surface area contributed by atoms with E-state index >= 15 is 0 Å². The molecule has 1 aliphatic rings. The predicted molar refractivity (Wildman–Crippen MR) is 75.3 cm³/mol. The quantitative estimate of drug-likeness (QED) is 0.925. The van der Waals surface area contributed by atoms with Gasteiger partial charge in [-0.05, 0) is 31.0 Å². The van der Waals surface area contributed by atoms with Crippen LogP contribution in [0, 0.1) is 0 Å². The maximum atomic E-state index is 12.2. The number of carbonyl (C=O) groups excluding carboxylic acids is 1. The van der Waals surface area contributed by atoms with Gasteiger partial charge >= 0.3 is 0 Å². The Bertz CT molecular complexity index is 603. The van der Waals surface area contributed by atoms with Crippen molar-refractivity contribution in [3.05, 3.63) is 41.0 Å². The first kappa shape index (κ1) is 13.1. The molecule has 1 aliphatic heterocycles. The van der Waals surface area contributed by atoms with Crippen LogP contribution in [0.1, 0.15) is 23.3 Å². The largest absolute Gasteiger partial charge is 0.295 e. The first-order valence-corrected chi connectivity index (χ1v) is 6.88. The van der Waals surface area contributed by atoms with Crippen LogP contribution in [0.2, 0.25) is 5.02 Å². The van der Waals surface area contributed by atoms with Crippen LogP contribution < -0.4 is 0 Å². The third kappa shape index (κ3) is 2.69. The molecule has 1 fully saturated rings. The molecule has 2 aromatic rings. The van der Waals surface area contributed by atoms with Gasteiger partial charge in [0, 0.05) is 17.1 Å². The minimum atomic E-state index is -0.183. The number of hydrogen-bond acceptors (Lipinski definition) is 3. The second-order valence-corrected chi connectivity index (χ2v) is 5.06. The molecule has 0 saturated carbocycles. The van der Waals surface area contributed by atoms with Crippen LogP contribution >= 0.6 is 11.6 Å². The number of H-pyrrole nitrogens is 1. The fraction of sp³-hybridized carbons (Fsp3) is 0.286. The zero-order chi connectivity index (χ0) is 13.9. The van der Waals surface area contributed by atoms with Gasteiger partial charge in [-0.3, -0.25) is 14.7 Å². The lowest BCUT2D eigenvalue weighted by Crippen LogP contribution is -2.35. The fourth-order valence-electron chi connectivity index (χ4n) is 2.09. The van der Waals surface area contributed by atoms with Crippen LogP contribution in [0.3, 0.4) is 0 Å². The molecule has 2 heterocycles. The number of halogens is 1. The summed E-state index contributed by atoms with van der Waals surface area (Å²) < 4.78 is 0. The van der Waals surface area contributed by atoms with Crippen LogP contribution in [0.5, 0.6) is 0 Å². The highest BCUT2D eigenvalue weighted by molar-refractivity contribution is 6.30. The maximum Gasteiger partial charge on any atom is 0.295 e.